The third kappa shape index (κ3) is 3.54. The van der Waals surface area contributed by atoms with E-state index in [2.05, 4.69) is 0 Å². The van der Waals surface area contributed by atoms with E-state index < -0.39 is 5.97 Å². The molecule has 0 unspecified atom stereocenters. The highest BCUT2D eigenvalue weighted by Crippen LogP contribution is 2.29. The summed E-state index contributed by atoms with van der Waals surface area (Å²) in [4.78, 5) is 10.5. The normalized spacial score (nSPS) is 11.6. The van der Waals surface area contributed by atoms with Gasteiger partial charge in [0.05, 0.1) is 6.42 Å². The van der Waals surface area contributed by atoms with E-state index in [1.54, 1.807) is 24.3 Å². The van der Waals surface area contributed by atoms with Crippen LogP contribution >= 0.6 is 23.2 Å². The highest BCUT2D eigenvalue weighted by Gasteiger charge is 2.06. The zero-order valence-corrected chi connectivity index (χ0v) is 10.3. The second-order valence-corrected chi connectivity index (χ2v) is 4.15. The molecule has 16 heavy (non-hydrogen) atoms. The van der Waals surface area contributed by atoms with Gasteiger partial charge in [-0.25, -0.2) is 0 Å². The van der Waals surface area contributed by atoms with Gasteiger partial charge in [-0.05, 0) is 35.8 Å². The maximum Gasteiger partial charge on any atom is 0.307 e. The summed E-state index contributed by atoms with van der Waals surface area (Å²) in [5.41, 5.74) is 1.70. The van der Waals surface area contributed by atoms with Crippen LogP contribution in [0.3, 0.4) is 0 Å². The Balaban J connectivity index is 3.07. The van der Waals surface area contributed by atoms with E-state index in [4.69, 9.17) is 28.3 Å². The van der Waals surface area contributed by atoms with Crippen molar-refractivity contribution < 1.29 is 9.90 Å². The van der Waals surface area contributed by atoms with E-state index in [0.717, 1.165) is 11.1 Å². The molecule has 86 valence electrons. The fourth-order valence-electron chi connectivity index (χ4n) is 1.40. The van der Waals surface area contributed by atoms with Gasteiger partial charge in [0.2, 0.25) is 0 Å². The first kappa shape index (κ1) is 13.1. The first-order chi connectivity index (χ1) is 7.54. The molecule has 0 heterocycles. The Kier molecular flexibility index (Phi) is 4.84. The summed E-state index contributed by atoms with van der Waals surface area (Å²) in [5, 5.41) is 9.80. The van der Waals surface area contributed by atoms with Crippen LogP contribution in [0.1, 0.15) is 25.3 Å². The molecule has 2 nitrogen and oxygen atoms in total. The highest BCUT2D eigenvalue weighted by atomic mass is 35.5. The number of benzene rings is 1. The quantitative estimate of drug-likeness (QED) is 0.877. The molecule has 0 spiro atoms. The number of aliphatic carboxylic acids is 1. The van der Waals surface area contributed by atoms with Crippen LogP contribution in [0.25, 0.3) is 5.57 Å². The van der Waals surface area contributed by atoms with Crippen molar-refractivity contribution in [3.05, 3.63) is 39.9 Å². The molecule has 0 atom stereocenters. The number of allylic oxidation sites excluding steroid dienone is 1. The van der Waals surface area contributed by atoms with Crippen LogP contribution < -0.4 is 0 Å². The molecule has 0 saturated carbocycles. The molecule has 0 aromatic heterocycles. The minimum atomic E-state index is -0.857. The number of carboxylic acid groups (broad SMARTS) is 1. The Bertz CT molecular complexity index is 425. The number of carboxylic acids is 1. The Morgan fingerprint density at radius 1 is 1.44 bits per heavy atom. The lowest BCUT2D eigenvalue weighted by Gasteiger charge is -2.07. The van der Waals surface area contributed by atoms with Crippen molar-refractivity contribution in [1.82, 2.24) is 0 Å². The van der Waals surface area contributed by atoms with Gasteiger partial charge in [0.15, 0.2) is 0 Å². The van der Waals surface area contributed by atoms with Gasteiger partial charge < -0.3 is 5.11 Å². The van der Waals surface area contributed by atoms with Gasteiger partial charge in [-0.3, -0.25) is 4.79 Å². The summed E-state index contributed by atoms with van der Waals surface area (Å²) < 4.78 is 0. The molecule has 0 radical (unpaired) electrons. The summed E-state index contributed by atoms with van der Waals surface area (Å²) in [7, 11) is 0. The number of carbonyl (C=O) groups is 1. The molecule has 0 aliphatic carbocycles. The third-order valence-electron chi connectivity index (χ3n) is 2.18. The van der Waals surface area contributed by atoms with Crippen LogP contribution in [0.5, 0.6) is 0 Å². The Morgan fingerprint density at radius 3 is 2.69 bits per heavy atom. The summed E-state index contributed by atoms with van der Waals surface area (Å²) in [6, 6.07) is 5.17. The summed E-state index contributed by atoms with van der Waals surface area (Å²) in [5.74, 6) is -0.857. The van der Waals surface area contributed by atoms with E-state index in [-0.39, 0.29) is 6.42 Å². The van der Waals surface area contributed by atoms with Crippen LogP contribution in [-0.4, -0.2) is 11.1 Å². The first-order valence-electron chi connectivity index (χ1n) is 4.90. The molecule has 1 rings (SSSR count). The van der Waals surface area contributed by atoms with Crippen LogP contribution in [0.15, 0.2) is 24.3 Å². The average Bonchev–Trinajstić information content (AvgIpc) is 2.23. The molecule has 0 amide bonds. The fourth-order valence-corrected chi connectivity index (χ4v) is 1.81. The van der Waals surface area contributed by atoms with E-state index >= 15 is 0 Å². The summed E-state index contributed by atoms with van der Waals surface area (Å²) in [6.45, 7) is 1.95. The molecule has 1 aromatic rings. The van der Waals surface area contributed by atoms with E-state index in [1.807, 2.05) is 6.92 Å². The highest BCUT2D eigenvalue weighted by molar-refractivity contribution is 6.34. The molecule has 0 bridgehead atoms. The lowest BCUT2D eigenvalue weighted by atomic mass is 10.0. The Labute approximate surface area is 104 Å². The monoisotopic (exact) mass is 258 g/mol. The van der Waals surface area contributed by atoms with Gasteiger partial charge in [-0.2, -0.15) is 0 Å². The number of rotatable bonds is 4. The first-order valence-corrected chi connectivity index (χ1v) is 5.66. The van der Waals surface area contributed by atoms with Crippen LogP contribution in [0, 0.1) is 0 Å². The molecule has 0 aliphatic rings. The Morgan fingerprint density at radius 2 is 2.12 bits per heavy atom. The lowest BCUT2D eigenvalue weighted by Crippen LogP contribution is -1.93. The molecule has 0 aliphatic heterocycles. The number of hydrogen-bond donors (Lipinski definition) is 1. The van der Waals surface area contributed by atoms with Gasteiger partial charge in [-0.1, -0.05) is 36.2 Å². The van der Waals surface area contributed by atoms with Crippen molar-refractivity contribution >= 4 is 34.7 Å². The summed E-state index contributed by atoms with van der Waals surface area (Å²) in [6.07, 6.45) is 2.37. The largest absolute Gasteiger partial charge is 0.481 e. The predicted molar refractivity (Wildman–Crippen MR) is 67.0 cm³/mol. The molecule has 1 aromatic carbocycles. The maximum absolute atomic E-state index is 10.5. The Hall–Kier alpha value is -0.990. The van der Waals surface area contributed by atoms with E-state index in [0.29, 0.717) is 16.5 Å². The van der Waals surface area contributed by atoms with Crippen molar-refractivity contribution in [2.75, 3.05) is 0 Å². The van der Waals surface area contributed by atoms with Gasteiger partial charge in [0.25, 0.3) is 0 Å². The van der Waals surface area contributed by atoms with Gasteiger partial charge in [-0.15, -0.1) is 0 Å². The van der Waals surface area contributed by atoms with Crippen molar-refractivity contribution in [1.29, 1.82) is 0 Å². The van der Waals surface area contributed by atoms with Crippen molar-refractivity contribution in [2.24, 2.45) is 0 Å². The minimum Gasteiger partial charge on any atom is -0.481 e. The minimum absolute atomic E-state index is 0.00792. The molecular formula is C12H12Cl2O2. The average molecular weight is 259 g/mol. The molecular weight excluding hydrogens is 247 g/mol. The van der Waals surface area contributed by atoms with Gasteiger partial charge in [0, 0.05) is 10.0 Å². The molecule has 0 fully saturated rings. The zero-order chi connectivity index (χ0) is 12.1. The smallest absolute Gasteiger partial charge is 0.307 e. The van der Waals surface area contributed by atoms with Crippen LogP contribution in [-0.2, 0) is 4.79 Å². The van der Waals surface area contributed by atoms with Crippen LogP contribution in [0.4, 0.5) is 0 Å². The number of hydrogen-bond acceptors (Lipinski definition) is 1. The SMILES string of the molecule is CC/C(=C\CC(=O)O)c1cc(Cl)ccc1Cl. The second kappa shape index (κ2) is 5.92. The molecule has 1 N–H and O–H groups in total. The molecule has 0 saturated heterocycles. The van der Waals surface area contributed by atoms with Crippen molar-refractivity contribution in [3.63, 3.8) is 0 Å². The lowest BCUT2D eigenvalue weighted by molar-refractivity contribution is -0.135. The predicted octanol–water partition coefficient (Wildman–Crippen LogP) is 4.26. The van der Waals surface area contributed by atoms with E-state index in [1.165, 1.54) is 0 Å². The number of halogens is 2. The second-order valence-electron chi connectivity index (χ2n) is 3.30. The van der Waals surface area contributed by atoms with Crippen molar-refractivity contribution in [3.8, 4) is 0 Å². The fraction of sp³-hybridized carbons (Fsp3) is 0.250. The standard InChI is InChI=1S/C12H12Cl2O2/c1-2-8(3-6-12(15)16)10-7-9(13)4-5-11(10)14/h3-5,7H,2,6H2,1H3,(H,15,16)/b8-3+. The zero-order valence-electron chi connectivity index (χ0n) is 8.84. The van der Waals surface area contributed by atoms with Crippen LogP contribution in [0.2, 0.25) is 10.0 Å². The van der Waals surface area contributed by atoms with Gasteiger partial charge in [0.1, 0.15) is 0 Å². The molecule has 4 heteroatoms. The third-order valence-corrected chi connectivity index (χ3v) is 2.74. The summed E-state index contributed by atoms with van der Waals surface area (Å²) >= 11 is 11.9. The maximum atomic E-state index is 10.5. The van der Waals surface area contributed by atoms with E-state index in [9.17, 15) is 4.79 Å². The topological polar surface area (TPSA) is 37.3 Å². The van der Waals surface area contributed by atoms with Crippen molar-refractivity contribution in [2.45, 2.75) is 19.8 Å². The van der Waals surface area contributed by atoms with Gasteiger partial charge >= 0.3 is 5.97 Å².